The van der Waals surface area contributed by atoms with Gasteiger partial charge in [-0.3, -0.25) is 4.21 Å². The number of aromatic carboxylic acids is 1. The van der Waals surface area contributed by atoms with Gasteiger partial charge in [-0.25, -0.2) is 9.78 Å². The fourth-order valence-corrected chi connectivity index (χ4v) is 1.70. The number of aromatic nitrogens is 1. The van der Waals surface area contributed by atoms with Gasteiger partial charge in [0.2, 0.25) is 0 Å². The van der Waals surface area contributed by atoms with Gasteiger partial charge in [-0.15, -0.1) is 0 Å². The van der Waals surface area contributed by atoms with Crippen molar-refractivity contribution in [1.82, 2.24) is 4.98 Å². The van der Waals surface area contributed by atoms with Crippen molar-refractivity contribution in [3.8, 4) is 0 Å². The van der Waals surface area contributed by atoms with E-state index >= 15 is 0 Å². The molecule has 1 aromatic heterocycles. The van der Waals surface area contributed by atoms with Crippen molar-refractivity contribution in [2.75, 3.05) is 23.9 Å². The molecule has 0 aromatic carbocycles. The van der Waals surface area contributed by atoms with Crippen LogP contribution in [0.4, 0.5) is 5.82 Å². The molecule has 0 aliphatic carbocycles. The second-order valence-electron chi connectivity index (χ2n) is 3.60. The van der Waals surface area contributed by atoms with E-state index in [1.54, 1.807) is 12.3 Å². The maximum absolute atomic E-state index is 10.9. The average molecular weight is 256 g/mol. The first-order valence-electron chi connectivity index (χ1n) is 5.31. The van der Waals surface area contributed by atoms with E-state index in [1.807, 2.05) is 6.92 Å². The van der Waals surface area contributed by atoms with E-state index in [1.165, 1.54) is 6.07 Å². The molecule has 6 heteroatoms. The predicted octanol–water partition coefficient (Wildman–Crippen LogP) is 1.13. The lowest BCUT2D eigenvalue weighted by molar-refractivity contribution is 0.0696. The van der Waals surface area contributed by atoms with Gasteiger partial charge < -0.3 is 10.4 Å². The minimum Gasteiger partial charge on any atom is -0.478 e. The zero-order chi connectivity index (χ0) is 12.8. The number of carbonyl (C=O) groups is 1. The topological polar surface area (TPSA) is 79.3 Å². The Morgan fingerprint density at radius 3 is 2.76 bits per heavy atom. The van der Waals surface area contributed by atoms with Crippen LogP contribution < -0.4 is 5.32 Å². The van der Waals surface area contributed by atoms with Crippen molar-refractivity contribution in [3.63, 3.8) is 0 Å². The van der Waals surface area contributed by atoms with Crippen LogP contribution in [0.5, 0.6) is 0 Å². The molecule has 0 saturated heterocycles. The summed E-state index contributed by atoms with van der Waals surface area (Å²) in [6.45, 7) is 2.43. The number of pyridine rings is 1. The molecule has 0 amide bonds. The van der Waals surface area contributed by atoms with Crippen molar-refractivity contribution in [2.45, 2.75) is 13.3 Å². The normalized spacial score (nSPS) is 12.1. The molecule has 17 heavy (non-hydrogen) atoms. The van der Waals surface area contributed by atoms with E-state index in [0.29, 0.717) is 24.5 Å². The van der Waals surface area contributed by atoms with Crippen LogP contribution in [0, 0.1) is 0 Å². The quantitative estimate of drug-likeness (QED) is 0.797. The molecule has 1 rings (SSSR count). The predicted molar refractivity (Wildman–Crippen MR) is 68.0 cm³/mol. The van der Waals surface area contributed by atoms with Crippen LogP contribution in [-0.2, 0) is 17.2 Å². The maximum Gasteiger partial charge on any atom is 0.335 e. The maximum atomic E-state index is 10.9. The number of nitrogens with zero attached hydrogens (tertiary/aromatic N) is 1. The Morgan fingerprint density at radius 2 is 2.24 bits per heavy atom. The highest BCUT2D eigenvalue weighted by molar-refractivity contribution is 7.84. The van der Waals surface area contributed by atoms with Crippen molar-refractivity contribution >= 4 is 22.6 Å². The third-order valence-electron chi connectivity index (χ3n) is 2.18. The van der Waals surface area contributed by atoms with Crippen LogP contribution in [0.2, 0.25) is 0 Å². The third-order valence-corrected chi connectivity index (χ3v) is 2.96. The van der Waals surface area contributed by atoms with Crippen LogP contribution in [0.3, 0.4) is 0 Å². The molecule has 0 spiro atoms. The number of aryl methyl sites for hydroxylation is 1. The molecule has 0 radical (unpaired) electrons. The number of hydrogen-bond donors (Lipinski definition) is 2. The van der Waals surface area contributed by atoms with Gasteiger partial charge in [0.15, 0.2) is 0 Å². The molecule has 2 N–H and O–H groups in total. The third kappa shape index (κ3) is 4.52. The molecule has 1 unspecified atom stereocenters. The van der Waals surface area contributed by atoms with Gasteiger partial charge in [-0.1, -0.05) is 6.92 Å². The molecular weight excluding hydrogens is 240 g/mol. The van der Waals surface area contributed by atoms with Crippen LogP contribution in [0.15, 0.2) is 12.1 Å². The minimum atomic E-state index is -0.968. The van der Waals surface area contributed by atoms with Crippen LogP contribution in [0.25, 0.3) is 0 Å². The van der Waals surface area contributed by atoms with Gasteiger partial charge in [0.1, 0.15) is 5.82 Å². The van der Waals surface area contributed by atoms with Crippen LogP contribution in [-0.4, -0.2) is 38.8 Å². The van der Waals surface area contributed by atoms with E-state index in [4.69, 9.17) is 5.11 Å². The second-order valence-corrected chi connectivity index (χ2v) is 5.15. The zero-order valence-electron chi connectivity index (χ0n) is 9.90. The monoisotopic (exact) mass is 256 g/mol. The molecular formula is C11H16N2O3S. The van der Waals surface area contributed by atoms with Crippen LogP contribution >= 0.6 is 0 Å². The molecule has 5 nitrogen and oxygen atoms in total. The Hall–Kier alpha value is -1.43. The summed E-state index contributed by atoms with van der Waals surface area (Å²) in [7, 11) is -0.867. The van der Waals surface area contributed by atoms with Gasteiger partial charge in [0.05, 0.1) is 5.56 Å². The van der Waals surface area contributed by atoms with E-state index in [2.05, 4.69) is 10.3 Å². The summed E-state index contributed by atoms with van der Waals surface area (Å²) in [5.41, 5.74) is 0.946. The highest BCUT2D eigenvalue weighted by atomic mass is 32.2. The second kappa shape index (κ2) is 6.34. The summed E-state index contributed by atoms with van der Waals surface area (Å²) in [6.07, 6.45) is 2.30. The number of rotatable bonds is 6. The Labute approximate surface area is 103 Å². The summed E-state index contributed by atoms with van der Waals surface area (Å²) in [4.78, 5) is 15.2. The highest BCUT2D eigenvalue weighted by Crippen LogP contribution is 2.11. The van der Waals surface area contributed by atoms with Crippen molar-refractivity contribution in [1.29, 1.82) is 0 Å². The fraction of sp³-hybridized carbons (Fsp3) is 0.455. The lowest BCUT2D eigenvalue weighted by Crippen LogP contribution is -2.12. The van der Waals surface area contributed by atoms with Gasteiger partial charge >= 0.3 is 5.97 Å². The largest absolute Gasteiger partial charge is 0.478 e. The highest BCUT2D eigenvalue weighted by Gasteiger charge is 2.07. The van der Waals surface area contributed by atoms with E-state index in [-0.39, 0.29) is 5.56 Å². The van der Waals surface area contributed by atoms with Gasteiger partial charge in [-0.2, -0.15) is 0 Å². The van der Waals surface area contributed by atoms with E-state index in [0.717, 1.165) is 5.69 Å². The van der Waals surface area contributed by atoms with Gasteiger partial charge in [0.25, 0.3) is 0 Å². The standard InChI is InChI=1S/C11H16N2O3S/c1-3-9-6-8(11(14)15)7-10(13-9)12-4-5-17(2)16/h6-7H,3-5H2,1-2H3,(H,12,13)(H,14,15). The molecule has 1 atom stereocenters. The minimum absolute atomic E-state index is 0.219. The molecule has 0 aliphatic heterocycles. The molecule has 0 bridgehead atoms. The summed E-state index contributed by atoms with van der Waals surface area (Å²) < 4.78 is 10.9. The number of anilines is 1. The van der Waals surface area contributed by atoms with Crippen molar-refractivity contribution in [2.24, 2.45) is 0 Å². The first-order chi connectivity index (χ1) is 8.02. The number of hydrogen-bond acceptors (Lipinski definition) is 4. The van der Waals surface area contributed by atoms with E-state index in [9.17, 15) is 9.00 Å². The molecule has 94 valence electrons. The molecule has 0 fully saturated rings. The Bertz CT molecular complexity index is 435. The SMILES string of the molecule is CCc1cc(C(=O)O)cc(NCCS(C)=O)n1. The zero-order valence-corrected chi connectivity index (χ0v) is 10.7. The molecule has 1 aromatic rings. The Kier molecular flexibility index (Phi) is 5.09. The smallest absolute Gasteiger partial charge is 0.335 e. The fourth-order valence-electron chi connectivity index (χ4n) is 1.31. The first kappa shape index (κ1) is 13.6. The molecule has 0 saturated carbocycles. The van der Waals surface area contributed by atoms with E-state index < -0.39 is 16.8 Å². The van der Waals surface area contributed by atoms with Gasteiger partial charge in [0, 0.05) is 35.0 Å². The van der Waals surface area contributed by atoms with Crippen LogP contribution in [0.1, 0.15) is 23.0 Å². The number of nitrogens with one attached hydrogen (secondary N) is 1. The summed E-state index contributed by atoms with van der Waals surface area (Å²) >= 11 is 0. The summed E-state index contributed by atoms with van der Waals surface area (Å²) in [5, 5.41) is 11.9. The molecule has 1 heterocycles. The lowest BCUT2D eigenvalue weighted by atomic mass is 10.2. The van der Waals surface area contributed by atoms with Gasteiger partial charge in [-0.05, 0) is 18.6 Å². The van der Waals surface area contributed by atoms with Crippen molar-refractivity contribution in [3.05, 3.63) is 23.4 Å². The summed E-state index contributed by atoms with van der Waals surface area (Å²) in [6, 6.07) is 3.05. The lowest BCUT2D eigenvalue weighted by Gasteiger charge is -2.07. The number of carboxylic acids is 1. The Balaban J connectivity index is 2.80. The first-order valence-corrected chi connectivity index (χ1v) is 7.03. The Morgan fingerprint density at radius 1 is 1.53 bits per heavy atom. The average Bonchev–Trinajstić information content (AvgIpc) is 2.28. The van der Waals surface area contributed by atoms with Crippen molar-refractivity contribution < 1.29 is 14.1 Å². The molecule has 0 aliphatic rings. The summed E-state index contributed by atoms with van der Waals surface area (Å²) in [5.74, 6) is 0.0666. The number of carboxylic acid groups (broad SMARTS) is 1.